The number of benzene rings is 1. The van der Waals surface area contributed by atoms with Gasteiger partial charge in [-0.2, -0.15) is 0 Å². The standard InChI is InChI=1S/C16H22FN3O/c17-16-13-6-8-19-10-12(13)2-3-14(16)20-15(21)4-1-11-5-7-18-9-11/h2-3,11,18-19H,1,4-10H2,(H,20,21). The molecular weight excluding hydrogens is 269 g/mol. The van der Waals surface area contributed by atoms with Crippen molar-refractivity contribution >= 4 is 11.6 Å². The lowest BCUT2D eigenvalue weighted by atomic mass is 9.99. The first kappa shape index (κ1) is 14.5. The van der Waals surface area contributed by atoms with Crippen LogP contribution in [-0.2, 0) is 17.8 Å². The van der Waals surface area contributed by atoms with E-state index in [-0.39, 0.29) is 11.7 Å². The van der Waals surface area contributed by atoms with Gasteiger partial charge in [0.05, 0.1) is 5.69 Å². The fraction of sp³-hybridized carbons (Fsp3) is 0.562. The zero-order valence-electron chi connectivity index (χ0n) is 12.2. The van der Waals surface area contributed by atoms with E-state index in [1.807, 2.05) is 6.07 Å². The van der Waals surface area contributed by atoms with E-state index in [1.165, 1.54) is 0 Å². The van der Waals surface area contributed by atoms with E-state index >= 15 is 0 Å². The summed E-state index contributed by atoms with van der Waals surface area (Å²) in [5.41, 5.74) is 2.06. The second-order valence-electron chi connectivity index (χ2n) is 5.94. The van der Waals surface area contributed by atoms with Crippen molar-refractivity contribution < 1.29 is 9.18 Å². The van der Waals surface area contributed by atoms with Crippen molar-refractivity contribution in [3.63, 3.8) is 0 Å². The molecule has 0 bridgehead atoms. The van der Waals surface area contributed by atoms with Gasteiger partial charge in [0.25, 0.3) is 0 Å². The molecule has 0 spiro atoms. The molecule has 0 radical (unpaired) electrons. The predicted octanol–water partition coefficient (Wildman–Crippen LogP) is 1.80. The molecule has 0 aromatic heterocycles. The zero-order chi connectivity index (χ0) is 14.7. The van der Waals surface area contributed by atoms with Crippen LogP contribution in [0.2, 0.25) is 0 Å². The summed E-state index contributed by atoms with van der Waals surface area (Å²) < 4.78 is 14.4. The smallest absolute Gasteiger partial charge is 0.224 e. The lowest BCUT2D eigenvalue weighted by molar-refractivity contribution is -0.116. The highest BCUT2D eigenvalue weighted by atomic mass is 19.1. The fourth-order valence-corrected chi connectivity index (χ4v) is 3.14. The second kappa shape index (κ2) is 6.54. The van der Waals surface area contributed by atoms with Crippen LogP contribution in [0.5, 0.6) is 0 Å². The van der Waals surface area contributed by atoms with Gasteiger partial charge in [-0.15, -0.1) is 0 Å². The van der Waals surface area contributed by atoms with Crippen LogP contribution in [0.4, 0.5) is 10.1 Å². The van der Waals surface area contributed by atoms with Gasteiger partial charge in [-0.1, -0.05) is 6.07 Å². The Morgan fingerprint density at radius 3 is 3.05 bits per heavy atom. The normalized spacial score (nSPS) is 21.1. The zero-order valence-corrected chi connectivity index (χ0v) is 12.2. The van der Waals surface area contributed by atoms with Crippen molar-refractivity contribution in [2.45, 2.75) is 32.2 Å². The predicted molar refractivity (Wildman–Crippen MR) is 80.7 cm³/mol. The van der Waals surface area contributed by atoms with Crippen LogP contribution in [0.3, 0.4) is 0 Å². The van der Waals surface area contributed by atoms with Gasteiger partial charge < -0.3 is 16.0 Å². The average molecular weight is 291 g/mol. The molecule has 2 aliphatic rings. The van der Waals surface area contributed by atoms with Crippen LogP contribution < -0.4 is 16.0 Å². The van der Waals surface area contributed by atoms with Crippen LogP contribution in [0.15, 0.2) is 12.1 Å². The first-order chi connectivity index (χ1) is 10.2. The molecule has 1 aromatic carbocycles. The number of carbonyl (C=O) groups is 1. The molecule has 0 saturated carbocycles. The number of carbonyl (C=O) groups excluding carboxylic acids is 1. The van der Waals surface area contributed by atoms with Crippen LogP contribution in [0.25, 0.3) is 0 Å². The molecule has 2 heterocycles. The van der Waals surface area contributed by atoms with Crippen LogP contribution in [-0.4, -0.2) is 25.5 Å². The molecule has 1 unspecified atom stereocenters. The molecule has 5 heteroatoms. The van der Waals surface area contributed by atoms with Gasteiger partial charge in [0.2, 0.25) is 5.91 Å². The van der Waals surface area contributed by atoms with E-state index in [2.05, 4.69) is 16.0 Å². The highest BCUT2D eigenvalue weighted by Crippen LogP contribution is 2.25. The van der Waals surface area contributed by atoms with Crippen molar-refractivity contribution in [3.8, 4) is 0 Å². The molecule has 114 valence electrons. The summed E-state index contributed by atoms with van der Waals surface area (Å²) in [6.45, 7) is 3.53. The number of nitrogens with one attached hydrogen (secondary N) is 3. The molecule has 3 N–H and O–H groups in total. The third-order valence-corrected chi connectivity index (χ3v) is 4.42. The largest absolute Gasteiger partial charge is 0.324 e. The third kappa shape index (κ3) is 3.41. The summed E-state index contributed by atoms with van der Waals surface area (Å²) in [5.74, 6) is 0.231. The Hall–Kier alpha value is -1.46. The SMILES string of the molecule is O=C(CCC1CCNC1)Nc1ccc2c(c1F)CCNC2. The summed E-state index contributed by atoms with van der Waals surface area (Å²) in [4.78, 5) is 12.0. The fourth-order valence-electron chi connectivity index (χ4n) is 3.14. The number of rotatable bonds is 4. The van der Waals surface area contributed by atoms with Gasteiger partial charge in [0, 0.05) is 13.0 Å². The molecule has 3 rings (SSSR count). The number of hydrogen-bond donors (Lipinski definition) is 3. The molecular formula is C16H22FN3O. The lowest BCUT2D eigenvalue weighted by Crippen LogP contribution is -2.25. The minimum Gasteiger partial charge on any atom is -0.324 e. The number of fused-ring (bicyclic) bond motifs is 1. The van der Waals surface area contributed by atoms with E-state index in [9.17, 15) is 9.18 Å². The molecule has 1 aromatic rings. The van der Waals surface area contributed by atoms with E-state index in [1.54, 1.807) is 6.07 Å². The van der Waals surface area contributed by atoms with Crippen molar-refractivity contribution in [1.29, 1.82) is 0 Å². The topological polar surface area (TPSA) is 53.2 Å². The first-order valence-electron chi connectivity index (χ1n) is 7.75. The Kier molecular flexibility index (Phi) is 4.51. The maximum absolute atomic E-state index is 14.4. The van der Waals surface area contributed by atoms with Crippen molar-refractivity contribution in [2.24, 2.45) is 5.92 Å². The average Bonchev–Trinajstić information content (AvgIpc) is 3.02. The van der Waals surface area contributed by atoms with Gasteiger partial charge in [-0.25, -0.2) is 4.39 Å². The molecule has 0 aliphatic carbocycles. The molecule has 2 aliphatic heterocycles. The lowest BCUT2D eigenvalue weighted by Gasteiger charge is -2.19. The molecule has 1 amide bonds. The van der Waals surface area contributed by atoms with Gasteiger partial charge >= 0.3 is 0 Å². The van der Waals surface area contributed by atoms with Gasteiger partial charge in [0.1, 0.15) is 5.82 Å². The van der Waals surface area contributed by atoms with Crippen molar-refractivity contribution in [3.05, 3.63) is 29.1 Å². The third-order valence-electron chi connectivity index (χ3n) is 4.42. The molecule has 1 fully saturated rings. The maximum atomic E-state index is 14.4. The van der Waals surface area contributed by atoms with Crippen LogP contribution in [0, 0.1) is 11.7 Å². The molecule has 21 heavy (non-hydrogen) atoms. The highest BCUT2D eigenvalue weighted by molar-refractivity contribution is 5.91. The summed E-state index contributed by atoms with van der Waals surface area (Å²) in [7, 11) is 0. The quantitative estimate of drug-likeness (QED) is 0.793. The summed E-state index contributed by atoms with van der Waals surface area (Å²) in [5, 5.41) is 9.24. The Morgan fingerprint density at radius 2 is 2.24 bits per heavy atom. The van der Waals surface area contributed by atoms with E-state index in [4.69, 9.17) is 0 Å². The van der Waals surface area contributed by atoms with Gasteiger partial charge in [0.15, 0.2) is 0 Å². The van der Waals surface area contributed by atoms with Crippen LogP contribution >= 0.6 is 0 Å². The summed E-state index contributed by atoms with van der Waals surface area (Å²) in [6, 6.07) is 3.58. The Bertz CT molecular complexity index is 526. The number of halogens is 1. The number of amides is 1. The second-order valence-corrected chi connectivity index (χ2v) is 5.94. The van der Waals surface area contributed by atoms with Gasteiger partial charge in [-0.3, -0.25) is 4.79 Å². The molecule has 4 nitrogen and oxygen atoms in total. The molecule has 1 atom stereocenters. The van der Waals surface area contributed by atoms with E-state index in [0.717, 1.165) is 43.6 Å². The summed E-state index contributed by atoms with van der Waals surface area (Å²) in [6.07, 6.45) is 3.14. The van der Waals surface area contributed by atoms with Crippen molar-refractivity contribution in [2.75, 3.05) is 25.0 Å². The minimum atomic E-state index is -0.259. The minimum absolute atomic E-state index is 0.0883. The van der Waals surface area contributed by atoms with E-state index < -0.39 is 0 Å². The Morgan fingerprint density at radius 1 is 1.33 bits per heavy atom. The van der Waals surface area contributed by atoms with Gasteiger partial charge in [-0.05, 0) is 62.0 Å². The Labute approximate surface area is 124 Å². The van der Waals surface area contributed by atoms with Crippen molar-refractivity contribution in [1.82, 2.24) is 10.6 Å². The first-order valence-corrected chi connectivity index (χ1v) is 7.75. The maximum Gasteiger partial charge on any atom is 0.224 e. The van der Waals surface area contributed by atoms with E-state index in [0.29, 0.717) is 31.0 Å². The number of hydrogen-bond acceptors (Lipinski definition) is 3. The highest BCUT2D eigenvalue weighted by Gasteiger charge is 2.19. The number of anilines is 1. The Balaban J connectivity index is 1.60. The summed E-state index contributed by atoms with van der Waals surface area (Å²) >= 11 is 0. The van der Waals surface area contributed by atoms with Crippen LogP contribution in [0.1, 0.15) is 30.4 Å². The molecule has 1 saturated heterocycles. The monoisotopic (exact) mass is 291 g/mol.